The molecule has 3 aromatic rings. The van der Waals surface area contributed by atoms with Gasteiger partial charge in [0, 0.05) is 40.8 Å². The number of aromatic nitrogens is 2. The van der Waals surface area contributed by atoms with E-state index in [-0.39, 0.29) is 17.4 Å². The Morgan fingerprint density at radius 2 is 1.94 bits per heavy atom. The van der Waals surface area contributed by atoms with Crippen LogP contribution in [0.3, 0.4) is 0 Å². The van der Waals surface area contributed by atoms with Gasteiger partial charge in [-0.05, 0) is 48.1 Å². The van der Waals surface area contributed by atoms with Gasteiger partial charge < -0.3 is 20.4 Å². The van der Waals surface area contributed by atoms with Crippen molar-refractivity contribution in [1.82, 2.24) is 15.3 Å². The lowest BCUT2D eigenvalue weighted by Gasteiger charge is -2.27. The highest BCUT2D eigenvalue weighted by molar-refractivity contribution is 6.30. The molecule has 0 unspecified atom stereocenters. The van der Waals surface area contributed by atoms with Crippen molar-refractivity contribution in [2.75, 3.05) is 18.0 Å². The fourth-order valence-corrected chi connectivity index (χ4v) is 6.20. The van der Waals surface area contributed by atoms with E-state index in [0.717, 1.165) is 47.8 Å². The van der Waals surface area contributed by atoms with Crippen LogP contribution in [0.2, 0.25) is 5.02 Å². The van der Waals surface area contributed by atoms with Gasteiger partial charge in [0.1, 0.15) is 12.1 Å². The second kappa shape index (κ2) is 7.77. The number of aliphatic hydroxyl groups is 2. The van der Waals surface area contributed by atoms with Crippen molar-refractivity contribution >= 4 is 23.1 Å². The van der Waals surface area contributed by atoms with E-state index in [1.807, 2.05) is 24.3 Å². The predicted molar refractivity (Wildman–Crippen MR) is 128 cm³/mol. The minimum absolute atomic E-state index is 0.0592. The number of para-hydroxylation sites is 1. The Morgan fingerprint density at radius 3 is 2.76 bits per heavy atom. The van der Waals surface area contributed by atoms with Gasteiger partial charge in [-0.1, -0.05) is 48.9 Å². The van der Waals surface area contributed by atoms with E-state index in [1.54, 1.807) is 6.33 Å². The van der Waals surface area contributed by atoms with Gasteiger partial charge in [-0.2, -0.15) is 0 Å². The second-order valence-electron chi connectivity index (χ2n) is 9.72. The fraction of sp³-hybridized carbons (Fsp3) is 0.385. The molecule has 1 saturated heterocycles. The molecule has 1 spiro atoms. The first kappa shape index (κ1) is 21.1. The Morgan fingerprint density at radius 1 is 1.15 bits per heavy atom. The van der Waals surface area contributed by atoms with Gasteiger partial charge in [0.15, 0.2) is 0 Å². The van der Waals surface area contributed by atoms with Gasteiger partial charge in [0.05, 0.1) is 17.9 Å². The summed E-state index contributed by atoms with van der Waals surface area (Å²) in [5, 5.41) is 25.9. The van der Waals surface area contributed by atoms with Gasteiger partial charge >= 0.3 is 0 Å². The summed E-state index contributed by atoms with van der Waals surface area (Å²) in [5.41, 5.74) is 4.98. The number of hydrogen-bond donors (Lipinski definition) is 3. The molecule has 170 valence electrons. The molecular weight excluding hydrogens is 436 g/mol. The Kier molecular flexibility index (Phi) is 4.96. The van der Waals surface area contributed by atoms with E-state index in [0.29, 0.717) is 11.4 Å². The van der Waals surface area contributed by atoms with Crippen molar-refractivity contribution in [2.45, 2.75) is 49.3 Å². The highest BCUT2D eigenvalue weighted by Crippen LogP contribution is 2.52. The number of fused-ring (bicyclic) bond motifs is 3. The van der Waals surface area contributed by atoms with E-state index >= 15 is 0 Å². The number of halogens is 1. The van der Waals surface area contributed by atoms with E-state index in [1.165, 1.54) is 5.56 Å². The first-order valence-corrected chi connectivity index (χ1v) is 11.9. The van der Waals surface area contributed by atoms with Crippen molar-refractivity contribution < 1.29 is 10.2 Å². The maximum absolute atomic E-state index is 11.1. The molecule has 1 aliphatic carbocycles. The predicted octanol–water partition coefficient (Wildman–Crippen LogP) is 4.16. The molecule has 0 amide bonds. The first-order valence-electron chi connectivity index (χ1n) is 11.5. The van der Waals surface area contributed by atoms with Crippen LogP contribution in [0.25, 0.3) is 0 Å². The summed E-state index contributed by atoms with van der Waals surface area (Å²) < 4.78 is 0. The maximum atomic E-state index is 11.1. The van der Waals surface area contributed by atoms with Crippen LogP contribution in [0, 0.1) is 0 Å². The van der Waals surface area contributed by atoms with Crippen molar-refractivity contribution in [3.05, 3.63) is 82.3 Å². The standard InChI is InChI=1S/C26H27ClN4O2/c1-15-10-21(32)23-22(15)25(30-14-29-23)31-13-26(18-4-2-3-5-20(18)31)11-19(28-12-26)24(33)16-6-8-17(27)9-7-16/h2-9,14-15,19,21,24,28,32-33H,10-13H2,1H3/t15-,19+,21-,24+,26+/m1/s1. The monoisotopic (exact) mass is 462 g/mol. The summed E-state index contributed by atoms with van der Waals surface area (Å²) in [4.78, 5) is 11.4. The van der Waals surface area contributed by atoms with E-state index in [4.69, 9.17) is 16.6 Å². The highest BCUT2D eigenvalue weighted by atomic mass is 35.5. The topological polar surface area (TPSA) is 81.5 Å². The number of nitrogens with zero attached hydrogens (tertiary/aromatic N) is 3. The van der Waals surface area contributed by atoms with E-state index in [2.05, 4.69) is 46.4 Å². The SMILES string of the molecule is C[C@@H]1C[C@@H](O)c2ncnc(N3C[C@]4(CN[C@H]([C@@H](O)c5ccc(Cl)cc5)C4)c4ccccc43)c21. The zero-order valence-electron chi connectivity index (χ0n) is 18.4. The summed E-state index contributed by atoms with van der Waals surface area (Å²) in [6.07, 6.45) is 1.93. The number of hydrogen-bond acceptors (Lipinski definition) is 6. The molecule has 3 heterocycles. The van der Waals surface area contributed by atoms with Crippen LogP contribution in [0.4, 0.5) is 11.5 Å². The molecule has 0 radical (unpaired) electrons. The third kappa shape index (κ3) is 3.28. The molecular formula is C26H27ClN4O2. The molecule has 6 rings (SSSR count). The summed E-state index contributed by atoms with van der Waals surface area (Å²) in [7, 11) is 0. The van der Waals surface area contributed by atoms with Crippen LogP contribution in [0.5, 0.6) is 0 Å². The molecule has 33 heavy (non-hydrogen) atoms. The zero-order chi connectivity index (χ0) is 22.7. The lowest BCUT2D eigenvalue weighted by Crippen LogP contribution is -2.34. The van der Waals surface area contributed by atoms with E-state index < -0.39 is 12.2 Å². The molecule has 1 fully saturated rings. The number of nitrogens with one attached hydrogen (secondary N) is 1. The maximum Gasteiger partial charge on any atom is 0.140 e. The first-order chi connectivity index (χ1) is 16.0. The van der Waals surface area contributed by atoms with Crippen LogP contribution < -0.4 is 10.2 Å². The van der Waals surface area contributed by atoms with Gasteiger partial charge in [0.25, 0.3) is 0 Å². The van der Waals surface area contributed by atoms with Crippen molar-refractivity contribution in [3.63, 3.8) is 0 Å². The van der Waals surface area contributed by atoms with Gasteiger partial charge in [-0.25, -0.2) is 9.97 Å². The number of aliphatic hydroxyl groups excluding tert-OH is 2. The normalized spacial score (nSPS) is 28.8. The van der Waals surface area contributed by atoms with Crippen LogP contribution in [0.1, 0.15) is 60.3 Å². The molecule has 6 nitrogen and oxygen atoms in total. The molecule has 3 aliphatic rings. The fourth-order valence-electron chi connectivity index (χ4n) is 6.07. The van der Waals surface area contributed by atoms with Crippen LogP contribution >= 0.6 is 11.6 Å². The quantitative estimate of drug-likeness (QED) is 0.542. The third-order valence-corrected chi connectivity index (χ3v) is 7.92. The van der Waals surface area contributed by atoms with Gasteiger partial charge in [-0.3, -0.25) is 0 Å². The lowest BCUT2D eigenvalue weighted by molar-refractivity contribution is 0.135. The Bertz CT molecular complexity index is 1200. The Hall–Kier alpha value is -2.51. The van der Waals surface area contributed by atoms with Crippen molar-refractivity contribution in [3.8, 4) is 0 Å². The molecule has 1 aromatic heterocycles. The smallest absolute Gasteiger partial charge is 0.140 e. The second-order valence-corrected chi connectivity index (χ2v) is 10.2. The molecule has 3 N–H and O–H groups in total. The summed E-state index contributed by atoms with van der Waals surface area (Å²) in [5.74, 6) is 1.10. The van der Waals surface area contributed by atoms with Crippen molar-refractivity contribution in [2.24, 2.45) is 0 Å². The molecule has 0 bridgehead atoms. The summed E-state index contributed by atoms with van der Waals surface area (Å²) >= 11 is 6.04. The van der Waals surface area contributed by atoms with Crippen LogP contribution in [-0.4, -0.2) is 39.3 Å². The summed E-state index contributed by atoms with van der Waals surface area (Å²) in [6, 6.07) is 15.9. The van der Waals surface area contributed by atoms with E-state index in [9.17, 15) is 10.2 Å². The minimum atomic E-state index is -0.610. The minimum Gasteiger partial charge on any atom is -0.387 e. The molecule has 2 aliphatic heterocycles. The molecule has 5 atom stereocenters. The van der Waals surface area contributed by atoms with Gasteiger partial charge in [-0.15, -0.1) is 0 Å². The number of benzene rings is 2. The van der Waals surface area contributed by atoms with Gasteiger partial charge in [0.2, 0.25) is 0 Å². The summed E-state index contributed by atoms with van der Waals surface area (Å²) in [6.45, 7) is 3.69. The van der Waals surface area contributed by atoms with Crippen LogP contribution in [0.15, 0.2) is 54.9 Å². The molecule has 2 aromatic carbocycles. The molecule has 7 heteroatoms. The third-order valence-electron chi connectivity index (χ3n) is 7.67. The average Bonchev–Trinajstić information content (AvgIpc) is 3.49. The lowest BCUT2D eigenvalue weighted by atomic mass is 9.79. The largest absolute Gasteiger partial charge is 0.387 e. The Labute approximate surface area is 198 Å². The molecule has 0 saturated carbocycles. The highest BCUT2D eigenvalue weighted by Gasteiger charge is 2.50. The average molecular weight is 463 g/mol. The number of rotatable bonds is 3. The Balaban J connectivity index is 1.35. The van der Waals surface area contributed by atoms with Crippen LogP contribution in [-0.2, 0) is 5.41 Å². The zero-order valence-corrected chi connectivity index (χ0v) is 19.2. The number of anilines is 2. The van der Waals surface area contributed by atoms with Crippen molar-refractivity contribution in [1.29, 1.82) is 0 Å².